The van der Waals surface area contributed by atoms with E-state index >= 15 is 0 Å². The highest BCUT2D eigenvalue weighted by atomic mass is 32.1. The van der Waals surface area contributed by atoms with Crippen LogP contribution in [0.4, 0.5) is 13.2 Å². The largest absolute Gasteiger partial charge is 0.416 e. The Morgan fingerprint density at radius 1 is 1.30 bits per heavy atom. The first-order valence-corrected chi connectivity index (χ1v) is 10.1. The Hall–Kier alpha value is -1.67. The lowest BCUT2D eigenvalue weighted by Crippen LogP contribution is -2.48. The molecule has 2 aliphatic rings. The number of nitrogens with one attached hydrogen (secondary N) is 1. The summed E-state index contributed by atoms with van der Waals surface area (Å²) in [5, 5.41) is 4.28. The average Bonchev–Trinajstić information content (AvgIpc) is 3.19. The van der Waals surface area contributed by atoms with Gasteiger partial charge in [0.2, 0.25) is 5.91 Å². The zero-order valence-electron chi connectivity index (χ0n) is 15.1. The number of benzene rings is 1. The number of hydrogen-bond acceptors (Lipinski definition) is 4. The molecule has 4 rings (SSSR count). The summed E-state index contributed by atoms with van der Waals surface area (Å²) in [5.41, 5.74) is -0.344. The molecular weight excluding hydrogens is 375 g/mol. The Morgan fingerprint density at radius 2 is 2.00 bits per heavy atom. The van der Waals surface area contributed by atoms with Crippen molar-refractivity contribution in [1.82, 2.24) is 15.2 Å². The first-order valence-electron chi connectivity index (χ1n) is 9.28. The predicted octanol–water partition coefficient (Wildman–Crippen LogP) is 3.99. The molecule has 2 saturated heterocycles. The number of amides is 1. The van der Waals surface area contributed by atoms with E-state index in [2.05, 4.69) is 10.3 Å². The molecule has 2 aromatic rings. The maximum Gasteiger partial charge on any atom is 0.416 e. The van der Waals surface area contributed by atoms with Crippen LogP contribution in [0.1, 0.15) is 42.7 Å². The zero-order chi connectivity index (χ0) is 19.2. The van der Waals surface area contributed by atoms with Crippen molar-refractivity contribution < 1.29 is 18.0 Å². The van der Waals surface area contributed by atoms with Gasteiger partial charge in [-0.3, -0.25) is 4.79 Å². The molecule has 4 nitrogen and oxygen atoms in total. The van der Waals surface area contributed by atoms with Crippen LogP contribution in [0.2, 0.25) is 0 Å². The standard InChI is InChI=1S/C19H22F3N3OS/c1-25(14-9-12-3-4-13(10-14)23-12)18(26)7-6-17-24-15-8-11(19(20,21)22)2-5-16(15)27-17/h2,5,8,12-14,23H,3-4,6-7,9-10H2,1H3. The number of piperidine rings is 1. The summed E-state index contributed by atoms with van der Waals surface area (Å²) >= 11 is 1.36. The van der Waals surface area contributed by atoms with Gasteiger partial charge in [-0.05, 0) is 43.9 Å². The van der Waals surface area contributed by atoms with E-state index < -0.39 is 11.7 Å². The van der Waals surface area contributed by atoms with Crippen LogP contribution < -0.4 is 5.32 Å². The van der Waals surface area contributed by atoms with Gasteiger partial charge in [0.15, 0.2) is 0 Å². The number of carbonyl (C=O) groups is 1. The van der Waals surface area contributed by atoms with E-state index in [4.69, 9.17) is 0 Å². The van der Waals surface area contributed by atoms with Crippen LogP contribution in [0, 0.1) is 0 Å². The lowest BCUT2D eigenvalue weighted by molar-refractivity contribution is -0.137. The number of nitrogens with zero attached hydrogens (tertiary/aromatic N) is 2. The summed E-state index contributed by atoms with van der Waals surface area (Å²) in [6.45, 7) is 0. The van der Waals surface area contributed by atoms with Crippen molar-refractivity contribution in [1.29, 1.82) is 0 Å². The number of thiazole rings is 1. The van der Waals surface area contributed by atoms with Crippen LogP contribution in [0.25, 0.3) is 10.2 Å². The predicted molar refractivity (Wildman–Crippen MR) is 98.7 cm³/mol. The number of halogens is 3. The Kier molecular flexibility index (Phi) is 4.88. The monoisotopic (exact) mass is 397 g/mol. The number of aryl methyl sites for hydroxylation is 1. The summed E-state index contributed by atoms with van der Waals surface area (Å²) in [7, 11) is 1.87. The van der Waals surface area contributed by atoms with E-state index in [0.29, 0.717) is 40.1 Å². The van der Waals surface area contributed by atoms with E-state index in [1.165, 1.54) is 30.2 Å². The third kappa shape index (κ3) is 3.96. The lowest BCUT2D eigenvalue weighted by Gasteiger charge is -2.35. The third-order valence-electron chi connectivity index (χ3n) is 5.70. The van der Waals surface area contributed by atoms with Gasteiger partial charge < -0.3 is 10.2 Å². The molecule has 0 spiro atoms. The molecule has 2 unspecified atom stereocenters. The van der Waals surface area contributed by atoms with Crippen LogP contribution in [-0.4, -0.2) is 41.0 Å². The molecule has 2 fully saturated rings. The summed E-state index contributed by atoms with van der Waals surface area (Å²) in [4.78, 5) is 18.7. The molecular formula is C19H22F3N3OS. The first-order chi connectivity index (χ1) is 12.8. The fourth-order valence-electron chi connectivity index (χ4n) is 4.20. The van der Waals surface area contributed by atoms with Gasteiger partial charge in [0.25, 0.3) is 0 Å². The van der Waals surface area contributed by atoms with Crippen molar-refractivity contribution in [3.05, 3.63) is 28.8 Å². The van der Waals surface area contributed by atoms with Crippen molar-refractivity contribution >= 4 is 27.5 Å². The van der Waals surface area contributed by atoms with Gasteiger partial charge in [0.1, 0.15) is 0 Å². The highest BCUT2D eigenvalue weighted by molar-refractivity contribution is 7.18. The van der Waals surface area contributed by atoms with Gasteiger partial charge in [-0.1, -0.05) is 0 Å². The van der Waals surface area contributed by atoms with Crippen LogP contribution in [0.15, 0.2) is 18.2 Å². The minimum atomic E-state index is -4.37. The summed E-state index contributed by atoms with van der Waals surface area (Å²) < 4.78 is 39.2. The Morgan fingerprint density at radius 3 is 2.67 bits per heavy atom. The second kappa shape index (κ2) is 7.05. The fraction of sp³-hybridized carbons (Fsp3) is 0.579. The van der Waals surface area contributed by atoms with Crippen LogP contribution in [0.3, 0.4) is 0 Å². The molecule has 1 aromatic carbocycles. The molecule has 0 aliphatic carbocycles. The minimum Gasteiger partial charge on any atom is -0.343 e. The number of hydrogen-bond donors (Lipinski definition) is 1. The highest BCUT2D eigenvalue weighted by Crippen LogP contribution is 2.33. The average molecular weight is 397 g/mol. The van der Waals surface area contributed by atoms with Crippen LogP contribution >= 0.6 is 11.3 Å². The molecule has 1 aromatic heterocycles. The minimum absolute atomic E-state index is 0.0801. The number of fused-ring (bicyclic) bond motifs is 3. The molecule has 2 bridgehead atoms. The van der Waals surface area contributed by atoms with E-state index in [-0.39, 0.29) is 11.9 Å². The van der Waals surface area contributed by atoms with Gasteiger partial charge in [0, 0.05) is 38.0 Å². The van der Waals surface area contributed by atoms with E-state index in [1.54, 1.807) is 0 Å². The van der Waals surface area contributed by atoms with Crippen molar-refractivity contribution in [2.45, 2.75) is 62.8 Å². The third-order valence-corrected chi connectivity index (χ3v) is 6.80. The second-order valence-electron chi connectivity index (χ2n) is 7.56. The molecule has 1 N–H and O–H groups in total. The smallest absolute Gasteiger partial charge is 0.343 e. The number of rotatable bonds is 4. The van der Waals surface area contributed by atoms with Crippen molar-refractivity contribution in [3.8, 4) is 0 Å². The molecule has 2 aliphatic heterocycles. The quantitative estimate of drug-likeness (QED) is 0.849. The zero-order valence-corrected chi connectivity index (χ0v) is 15.9. The SMILES string of the molecule is CN(C(=O)CCc1nc2cc(C(F)(F)F)ccc2s1)C1CC2CCC(C1)N2. The second-order valence-corrected chi connectivity index (χ2v) is 8.67. The van der Waals surface area contributed by atoms with E-state index in [0.717, 1.165) is 25.0 Å². The molecule has 1 amide bonds. The summed E-state index contributed by atoms with van der Waals surface area (Å²) in [5.74, 6) is 0.0801. The summed E-state index contributed by atoms with van der Waals surface area (Å²) in [6.07, 6.45) is 0.804. The van der Waals surface area contributed by atoms with Crippen molar-refractivity contribution in [2.24, 2.45) is 0 Å². The fourth-order valence-corrected chi connectivity index (χ4v) is 5.14. The molecule has 3 heterocycles. The summed E-state index contributed by atoms with van der Waals surface area (Å²) in [6, 6.07) is 4.94. The van der Waals surface area contributed by atoms with Crippen molar-refractivity contribution in [2.75, 3.05) is 7.05 Å². The lowest BCUT2D eigenvalue weighted by atomic mass is 9.98. The molecule has 0 saturated carbocycles. The van der Waals surface area contributed by atoms with Gasteiger partial charge in [-0.25, -0.2) is 4.98 Å². The van der Waals surface area contributed by atoms with Gasteiger partial charge in [0.05, 0.1) is 20.8 Å². The van der Waals surface area contributed by atoms with E-state index in [9.17, 15) is 18.0 Å². The maximum atomic E-state index is 12.8. The topological polar surface area (TPSA) is 45.2 Å². The molecule has 27 heavy (non-hydrogen) atoms. The van der Waals surface area contributed by atoms with Gasteiger partial charge in [-0.2, -0.15) is 13.2 Å². The first kappa shape index (κ1) is 18.7. The Bertz CT molecular complexity index is 838. The Balaban J connectivity index is 1.38. The van der Waals surface area contributed by atoms with Gasteiger partial charge >= 0.3 is 6.18 Å². The molecule has 2 atom stereocenters. The highest BCUT2D eigenvalue weighted by Gasteiger charge is 2.36. The van der Waals surface area contributed by atoms with Gasteiger partial charge in [-0.15, -0.1) is 11.3 Å². The Labute approximate surface area is 159 Å². The van der Waals surface area contributed by atoms with Crippen LogP contribution in [-0.2, 0) is 17.4 Å². The number of aromatic nitrogens is 1. The maximum absolute atomic E-state index is 12.8. The molecule has 8 heteroatoms. The van der Waals surface area contributed by atoms with Crippen LogP contribution in [0.5, 0.6) is 0 Å². The number of alkyl halides is 3. The molecule has 146 valence electrons. The molecule has 0 radical (unpaired) electrons. The van der Waals surface area contributed by atoms with Crippen molar-refractivity contribution in [3.63, 3.8) is 0 Å². The normalized spacial score (nSPS) is 25.1. The van der Waals surface area contributed by atoms with E-state index in [1.807, 2.05) is 11.9 Å². The number of carbonyl (C=O) groups excluding carboxylic acids is 1.